The van der Waals surface area contributed by atoms with Crippen LogP contribution in [0.4, 0.5) is 5.69 Å². The van der Waals surface area contributed by atoms with Crippen molar-refractivity contribution in [3.8, 4) is 0 Å². The van der Waals surface area contributed by atoms with Gasteiger partial charge < -0.3 is 20.3 Å². The van der Waals surface area contributed by atoms with Crippen LogP contribution in [0, 0.1) is 0 Å². The van der Waals surface area contributed by atoms with Crippen molar-refractivity contribution < 1.29 is 23.9 Å². The summed E-state index contributed by atoms with van der Waals surface area (Å²) < 4.78 is 5.03. The molecule has 0 saturated heterocycles. The van der Waals surface area contributed by atoms with Gasteiger partial charge in [-0.2, -0.15) is 0 Å². The van der Waals surface area contributed by atoms with Crippen molar-refractivity contribution in [2.45, 2.75) is 19.9 Å². The average Bonchev–Trinajstić information content (AvgIpc) is 2.75. The molecule has 0 bridgehead atoms. The number of hydrogen-bond donors (Lipinski definition) is 2. The number of benzene rings is 2. The van der Waals surface area contributed by atoms with Crippen molar-refractivity contribution in [2.24, 2.45) is 0 Å². The Morgan fingerprint density at radius 3 is 2.13 bits per heavy atom. The van der Waals surface area contributed by atoms with E-state index in [2.05, 4.69) is 10.6 Å². The fraction of sp³-hybridized carbons (Fsp3) is 0.273. The lowest BCUT2D eigenvalue weighted by Gasteiger charge is -2.18. The average molecular weight is 411 g/mol. The number of esters is 1. The van der Waals surface area contributed by atoms with Crippen LogP contribution in [0.2, 0.25) is 0 Å². The van der Waals surface area contributed by atoms with Crippen molar-refractivity contribution in [1.29, 1.82) is 0 Å². The van der Waals surface area contributed by atoms with Gasteiger partial charge in [0.05, 0.1) is 17.7 Å². The Morgan fingerprint density at radius 1 is 0.900 bits per heavy atom. The third-order valence-corrected chi connectivity index (χ3v) is 4.06. The van der Waals surface area contributed by atoms with E-state index in [0.29, 0.717) is 5.69 Å². The highest BCUT2D eigenvalue weighted by Crippen LogP contribution is 2.18. The second-order valence-corrected chi connectivity index (χ2v) is 6.82. The second-order valence-electron chi connectivity index (χ2n) is 6.82. The number of nitrogens with zero attached hydrogens (tertiary/aromatic N) is 1. The summed E-state index contributed by atoms with van der Waals surface area (Å²) in [7, 11) is 1.61. The third kappa shape index (κ3) is 6.44. The molecule has 0 spiro atoms. The number of anilines is 1. The van der Waals surface area contributed by atoms with Crippen LogP contribution in [0.5, 0.6) is 0 Å². The molecule has 0 radical (unpaired) electrons. The second kappa shape index (κ2) is 10.8. The molecule has 158 valence electrons. The summed E-state index contributed by atoms with van der Waals surface area (Å²) in [5, 5.41) is 5.00. The van der Waals surface area contributed by atoms with Crippen LogP contribution in [0.25, 0.3) is 0 Å². The molecule has 0 atom stereocenters. The van der Waals surface area contributed by atoms with E-state index in [-0.39, 0.29) is 35.5 Å². The summed E-state index contributed by atoms with van der Waals surface area (Å²) in [5.41, 5.74) is 0.880. The number of ether oxygens (including phenoxy) is 1. The van der Waals surface area contributed by atoms with Crippen LogP contribution < -0.4 is 15.5 Å². The van der Waals surface area contributed by atoms with Crippen LogP contribution in [0.15, 0.2) is 54.6 Å². The molecule has 0 aliphatic rings. The van der Waals surface area contributed by atoms with E-state index in [9.17, 15) is 19.2 Å². The lowest BCUT2D eigenvalue weighted by molar-refractivity contribution is -0.128. The summed E-state index contributed by atoms with van der Waals surface area (Å²) >= 11 is 0. The van der Waals surface area contributed by atoms with Gasteiger partial charge in [-0.25, -0.2) is 4.79 Å². The van der Waals surface area contributed by atoms with Crippen LogP contribution in [-0.2, 0) is 14.3 Å². The first kappa shape index (κ1) is 22.6. The summed E-state index contributed by atoms with van der Waals surface area (Å²) in [6, 6.07) is 15.2. The number of carbonyl (C=O) groups is 4. The SMILES string of the molecule is CC(C)NC(=O)CNC(=O)COC(=O)c1ccccc1C(=O)N(C)c1ccccc1. The quantitative estimate of drug-likeness (QED) is 0.644. The largest absolute Gasteiger partial charge is 0.452 e. The highest BCUT2D eigenvalue weighted by Gasteiger charge is 2.22. The zero-order valence-electron chi connectivity index (χ0n) is 17.2. The smallest absolute Gasteiger partial charge is 0.339 e. The molecular formula is C22H25N3O5. The molecule has 2 aromatic rings. The molecule has 2 N–H and O–H groups in total. The van der Waals surface area contributed by atoms with Crippen LogP contribution in [0.1, 0.15) is 34.6 Å². The van der Waals surface area contributed by atoms with Gasteiger partial charge in [0.25, 0.3) is 11.8 Å². The predicted molar refractivity (Wildman–Crippen MR) is 112 cm³/mol. The van der Waals surface area contributed by atoms with E-state index < -0.39 is 18.5 Å². The monoisotopic (exact) mass is 411 g/mol. The van der Waals surface area contributed by atoms with Gasteiger partial charge in [0.15, 0.2) is 6.61 Å². The number of para-hydroxylation sites is 1. The van der Waals surface area contributed by atoms with Crippen LogP contribution in [0.3, 0.4) is 0 Å². The van der Waals surface area contributed by atoms with E-state index in [1.165, 1.54) is 17.0 Å². The molecule has 8 heteroatoms. The number of carbonyl (C=O) groups excluding carboxylic acids is 4. The molecule has 0 unspecified atom stereocenters. The zero-order valence-corrected chi connectivity index (χ0v) is 17.2. The fourth-order valence-corrected chi connectivity index (χ4v) is 2.61. The van der Waals surface area contributed by atoms with Gasteiger partial charge in [-0.3, -0.25) is 14.4 Å². The first-order valence-electron chi connectivity index (χ1n) is 9.45. The molecule has 0 aliphatic carbocycles. The summed E-state index contributed by atoms with van der Waals surface area (Å²) in [5.74, 6) is -2.15. The Bertz CT molecular complexity index is 912. The van der Waals surface area contributed by atoms with E-state index in [1.54, 1.807) is 57.3 Å². The standard InChI is InChI=1S/C22H25N3O5/c1-15(2)24-19(26)13-23-20(27)14-30-22(29)18-12-8-7-11-17(18)21(28)25(3)16-9-5-4-6-10-16/h4-12,15H,13-14H2,1-3H3,(H,23,27)(H,24,26). The Kier molecular flexibility index (Phi) is 8.10. The lowest BCUT2D eigenvalue weighted by atomic mass is 10.1. The predicted octanol–water partition coefficient (Wildman–Crippen LogP) is 1.76. The molecule has 0 aliphatic heterocycles. The summed E-state index contributed by atoms with van der Waals surface area (Å²) in [6.45, 7) is 2.82. The minimum atomic E-state index is -0.804. The van der Waals surface area contributed by atoms with Gasteiger partial charge >= 0.3 is 5.97 Å². The highest BCUT2D eigenvalue weighted by atomic mass is 16.5. The molecule has 0 heterocycles. The van der Waals surface area contributed by atoms with Crippen molar-refractivity contribution in [2.75, 3.05) is 25.1 Å². The molecule has 0 aromatic heterocycles. The Labute approximate surface area is 175 Å². The van der Waals surface area contributed by atoms with E-state index >= 15 is 0 Å². The Balaban J connectivity index is 1.99. The Hall–Kier alpha value is -3.68. The van der Waals surface area contributed by atoms with Gasteiger partial charge in [0.1, 0.15) is 0 Å². The van der Waals surface area contributed by atoms with Crippen molar-refractivity contribution >= 4 is 29.4 Å². The van der Waals surface area contributed by atoms with Gasteiger partial charge in [0.2, 0.25) is 5.91 Å². The fourth-order valence-electron chi connectivity index (χ4n) is 2.61. The van der Waals surface area contributed by atoms with Crippen LogP contribution in [-0.4, -0.2) is 49.9 Å². The molecule has 0 fully saturated rings. The summed E-state index contributed by atoms with van der Waals surface area (Å²) in [4.78, 5) is 50.1. The third-order valence-electron chi connectivity index (χ3n) is 4.06. The first-order chi connectivity index (χ1) is 14.3. The molecular weight excluding hydrogens is 386 g/mol. The number of rotatable bonds is 8. The maximum absolute atomic E-state index is 12.9. The molecule has 2 aromatic carbocycles. The van der Waals surface area contributed by atoms with Gasteiger partial charge in [-0.05, 0) is 38.1 Å². The Morgan fingerprint density at radius 2 is 1.50 bits per heavy atom. The number of amides is 3. The minimum Gasteiger partial charge on any atom is -0.452 e. The topological polar surface area (TPSA) is 105 Å². The molecule has 30 heavy (non-hydrogen) atoms. The van der Waals surface area contributed by atoms with Crippen molar-refractivity contribution in [1.82, 2.24) is 10.6 Å². The molecule has 8 nitrogen and oxygen atoms in total. The molecule has 0 saturated carbocycles. The lowest BCUT2D eigenvalue weighted by Crippen LogP contribution is -2.41. The maximum atomic E-state index is 12.9. The first-order valence-corrected chi connectivity index (χ1v) is 9.45. The van der Waals surface area contributed by atoms with Gasteiger partial charge in [-0.15, -0.1) is 0 Å². The van der Waals surface area contributed by atoms with Gasteiger partial charge in [0, 0.05) is 18.8 Å². The normalized spacial score (nSPS) is 10.3. The molecule has 3 amide bonds. The van der Waals surface area contributed by atoms with E-state index in [4.69, 9.17) is 4.74 Å². The maximum Gasteiger partial charge on any atom is 0.339 e. The summed E-state index contributed by atoms with van der Waals surface area (Å²) in [6.07, 6.45) is 0. The number of hydrogen-bond acceptors (Lipinski definition) is 5. The van der Waals surface area contributed by atoms with Crippen LogP contribution >= 0.6 is 0 Å². The van der Waals surface area contributed by atoms with E-state index in [1.807, 2.05) is 6.07 Å². The van der Waals surface area contributed by atoms with Crippen molar-refractivity contribution in [3.63, 3.8) is 0 Å². The highest BCUT2D eigenvalue weighted by molar-refractivity contribution is 6.12. The van der Waals surface area contributed by atoms with Gasteiger partial charge in [-0.1, -0.05) is 30.3 Å². The van der Waals surface area contributed by atoms with E-state index in [0.717, 1.165) is 0 Å². The minimum absolute atomic E-state index is 0.0460. The van der Waals surface area contributed by atoms with Crippen molar-refractivity contribution in [3.05, 3.63) is 65.7 Å². The number of nitrogens with one attached hydrogen (secondary N) is 2. The zero-order chi connectivity index (χ0) is 22.1. The molecule has 2 rings (SSSR count).